The smallest absolute Gasteiger partial charge is 0.281 e. The Morgan fingerprint density at radius 2 is 1.45 bits per heavy atom. The molecule has 156 valence electrons. The first-order chi connectivity index (χ1) is 13.7. The van der Waals surface area contributed by atoms with Crippen LogP contribution in [0.3, 0.4) is 0 Å². The van der Waals surface area contributed by atoms with Gasteiger partial charge in [0.25, 0.3) is 6.29 Å². The van der Waals surface area contributed by atoms with E-state index in [0.29, 0.717) is 11.3 Å². The van der Waals surface area contributed by atoms with E-state index in [1.807, 2.05) is 23.3 Å². The minimum absolute atomic E-state index is 0.208. The van der Waals surface area contributed by atoms with Crippen LogP contribution < -0.4 is 9.47 Å². The highest BCUT2D eigenvalue weighted by molar-refractivity contribution is 5.98. The van der Waals surface area contributed by atoms with E-state index >= 15 is 0 Å². The third-order valence-electron chi connectivity index (χ3n) is 5.45. The molecule has 2 aromatic carbocycles. The van der Waals surface area contributed by atoms with Gasteiger partial charge in [-0.05, 0) is 71.2 Å². The number of piperidine rings is 1. The average Bonchev–Trinajstić information content (AvgIpc) is 2.70. The molecule has 0 radical (unpaired) electrons. The second kappa shape index (κ2) is 8.56. The van der Waals surface area contributed by atoms with Crippen molar-refractivity contribution >= 4 is 5.78 Å². The van der Waals surface area contributed by atoms with Crippen LogP contribution >= 0.6 is 0 Å². The molecule has 1 aliphatic rings. The van der Waals surface area contributed by atoms with Gasteiger partial charge in [0.2, 0.25) is 5.78 Å². The second-order valence-corrected chi connectivity index (χ2v) is 8.73. The van der Waals surface area contributed by atoms with Gasteiger partial charge in [0.05, 0.1) is 7.11 Å². The highest BCUT2D eigenvalue weighted by atomic mass is 16.8. The van der Waals surface area contributed by atoms with Gasteiger partial charge in [-0.1, -0.05) is 30.3 Å². The first-order valence-electron chi connectivity index (χ1n) is 10.1. The molecule has 1 fully saturated rings. The lowest BCUT2D eigenvalue weighted by Crippen LogP contribution is -2.60. The number of hydroxylamine groups is 2. The number of ether oxygens (including phenoxy) is 2. The average molecular weight is 398 g/mol. The standard InChI is InChI=1S/C24H31NO4/c1-23(2)16-9-17-24(3,4)25(23)29-22(21(26)18-10-7-6-8-11-18)28-20-14-12-19(27-5)13-15-20/h6-8,10-15,22H,9,16-17H2,1-5H3. The summed E-state index contributed by atoms with van der Waals surface area (Å²) in [6.45, 7) is 8.58. The maximum Gasteiger partial charge on any atom is 0.281 e. The third kappa shape index (κ3) is 4.98. The zero-order valence-electron chi connectivity index (χ0n) is 18.0. The number of rotatable bonds is 7. The molecule has 0 saturated carbocycles. The molecule has 1 atom stereocenters. The Balaban J connectivity index is 1.90. The number of methoxy groups -OCH3 is 1. The van der Waals surface area contributed by atoms with E-state index in [-0.39, 0.29) is 16.9 Å². The molecule has 1 saturated heterocycles. The fourth-order valence-electron chi connectivity index (χ4n) is 4.00. The van der Waals surface area contributed by atoms with Crippen LogP contribution in [0, 0.1) is 0 Å². The van der Waals surface area contributed by atoms with Crippen molar-refractivity contribution in [1.82, 2.24) is 5.06 Å². The summed E-state index contributed by atoms with van der Waals surface area (Å²) >= 11 is 0. The molecule has 3 rings (SSSR count). The van der Waals surface area contributed by atoms with Crippen molar-refractivity contribution in [3.05, 3.63) is 60.2 Å². The monoisotopic (exact) mass is 397 g/mol. The van der Waals surface area contributed by atoms with Crippen molar-refractivity contribution < 1.29 is 19.1 Å². The minimum Gasteiger partial charge on any atom is -0.497 e. The van der Waals surface area contributed by atoms with Gasteiger partial charge in [0.15, 0.2) is 0 Å². The molecule has 1 aliphatic heterocycles. The normalized spacial score (nSPS) is 19.3. The lowest BCUT2D eigenvalue weighted by Gasteiger charge is -2.51. The van der Waals surface area contributed by atoms with Crippen LogP contribution in [0.5, 0.6) is 11.5 Å². The lowest BCUT2D eigenvalue weighted by molar-refractivity contribution is -0.323. The highest BCUT2D eigenvalue weighted by Gasteiger charge is 2.45. The van der Waals surface area contributed by atoms with Crippen LogP contribution in [0.1, 0.15) is 57.3 Å². The molecule has 0 amide bonds. The number of hydrogen-bond donors (Lipinski definition) is 0. The van der Waals surface area contributed by atoms with E-state index in [2.05, 4.69) is 27.7 Å². The fourth-order valence-corrected chi connectivity index (χ4v) is 4.00. The van der Waals surface area contributed by atoms with E-state index in [4.69, 9.17) is 14.3 Å². The minimum atomic E-state index is -1.08. The first kappa shape index (κ1) is 21.3. The van der Waals surface area contributed by atoms with Gasteiger partial charge in [-0.3, -0.25) is 4.79 Å². The molecule has 29 heavy (non-hydrogen) atoms. The molecule has 2 aromatic rings. The molecule has 0 spiro atoms. The molecule has 0 aliphatic carbocycles. The van der Waals surface area contributed by atoms with Crippen molar-refractivity contribution in [2.24, 2.45) is 0 Å². The van der Waals surface area contributed by atoms with E-state index < -0.39 is 6.29 Å². The number of nitrogens with zero attached hydrogens (tertiary/aromatic N) is 1. The molecule has 0 aromatic heterocycles. The predicted molar refractivity (Wildman–Crippen MR) is 113 cm³/mol. The van der Waals surface area contributed by atoms with Gasteiger partial charge in [-0.25, -0.2) is 4.84 Å². The predicted octanol–water partition coefficient (Wildman–Crippen LogP) is 5.26. The van der Waals surface area contributed by atoms with Gasteiger partial charge in [-0.2, -0.15) is 5.06 Å². The van der Waals surface area contributed by atoms with Crippen molar-refractivity contribution in [3.63, 3.8) is 0 Å². The summed E-state index contributed by atoms with van der Waals surface area (Å²) in [5.74, 6) is 1.06. The van der Waals surface area contributed by atoms with Crippen LogP contribution in [0.15, 0.2) is 54.6 Å². The summed E-state index contributed by atoms with van der Waals surface area (Å²) in [5.41, 5.74) is 0.138. The Morgan fingerprint density at radius 1 is 0.897 bits per heavy atom. The molecular weight excluding hydrogens is 366 g/mol. The molecule has 1 heterocycles. The van der Waals surface area contributed by atoms with E-state index in [9.17, 15) is 4.79 Å². The third-order valence-corrected chi connectivity index (χ3v) is 5.45. The van der Waals surface area contributed by atoms with Crippen molar-refractivity contribution in [2.75, 3.05) is 7.11 Å². The maximum absolute atomic E-state index is 13.3. The molecule has 1 unspecified atom stereocenters. The zero-order valence-corrected chi connectivity index (χ0v) is 18.0. The molecular formula is C24H31NO4. The zero-order chi connectivity index (χ0) is 21.1. The lowest BCUT2D eigenvalue weighted by atomic mass is 9.82. The Kier molecular flexibility index (Phi) is 6.30. The highest BCUT2D eigenvalue weighted by Crippen LogP contribution is 2.39. The Labute approximate surface area is 173 Å². The molecule has 5 nitrogen and oxygen atoms in total. The summed E-state index contributed by atoms with van der Waals surface area (Å²) in [5, 5.41) is 1.96. The largest absolute Gasteiger partial charge is 0.497 e. The summed E-state index contributed by atoms with van der Waals surface area (Å²) < 4.78 is 11.3. The number of ketones is 1. The van der Waals surface area contributed by atoms with Gasteiger partial charge in [0, 0.05) is 16.6 Å². The number of carbonyl (C=O) groups is 1. The van der Waals surface area contributed by atoms with Gasteiger partial charge >= 0.3 is 0 Å². The van der Waals surface area contributed by atoms with Crippen LogP contribution in [-0.2, 0) is 4.84 Å². The van der Waals surface area contributed by atoms with E-state index in [1.54, 1.807) is 43.5 Å². The molecule has 0 bridgehead atoms. The van der Waals surface area contributed by atoms with Crippen LogP contribution in [0.25, 0.3) is 0 Å². The van der Waals surface area contributed by atoms with Crippen molar-refractivity contribution in [2.45, 2.75) is 64.3 Å². The van der Waals surface area contributed by atoms with Crippen LogP contribution in [0.2, 0.25) is 0 Å². The topological polar surface area (TPSA) is 48.0 Å². The fraction of sp³-hybridized carbons (Fsp3) is 0.458. The number of benzene rings is 2. The van der Waals surface area contributed by atoms with Gasteiger partial charge in [0.1, 0.15) is 11.5 Å². The maximum atomic E-state index is 13.3. The number of Topliss-reactive ketones (excluding diaryl/α,β-unsaturated/α-hetero) is 1. The van der Waals surface area contributed by atoms with Gasteiger partial charge < -0.3 is 9.47 Å². The Bertz CT molecular complexity index is 799. The Morgan fingerprint density at radius 3 is 2.00 bits per heavy atom. The summed E-state index contributed by atoms with van der Waals surface area (Å²) in [6, 6.07) is 16.3. The van der Waals surface area contributed by atoms with E-state index in [0.717, 1.165) is 25.0 Å². The molecule has 5 heteroatoms. The van der Waals surface area contributed by atoms with Crippen LogP contribution in [0.4, 0.5) is 0 Å². The summed E-state index contributed by atoms with van der Waals surface area (Å²) in [7, 11) is 1.61. The van der Waals surface area contributed by atoms with Crippen molar-refractivity contribution in [1.29, 1.82) is 0 Å². The molecule has 0 N–H and O–H groups in total. The van der Waals surface area contributed by atoms with Gasteiger partial charge in [-0.15, -0.1) is 0 Å². The number of carbonyl (C=O) groups excluding carboxylic acids is 1. The van der Waals surface area contributed by atoms with E-state index in [1.165, 1.54) is 0 Å². The van der Waals surface area contributed by atoms with Crippen molar-refractivity contribution in [3.8, 4) is 11.5 Å². The SMILES string of the molecule is COc1ccc(OC(ON2C(C)(C)CCCC2(C)C)C(=O)c2ccccc2)cc1. The quantitative estimate of drug-likeness (QED) is 0.471. The number of hydrogen-bond acceptors (Lipinski definition) is 5. The second-order valence-electron chi connectivity index (χ2n) is 8.73. The Hall–Kier alpha value is -2.37. The van der Waals surface area contributed by atoms with Crippen LogP contribution in [-0.4, -0.2) is 35.3 Å². The summed E-state index contributed by atoms with van der Waals surface area (Å²) in [6.07, 6.45) is 2.02. The first-order valence-corrected chi connectivity index (χ1v) is 10.1. The summed E-state index contributed by atoms with van der Waals surface area (Å²) in [4.78, 5) is 19.6.